The standard InChI is InChI=1S/C12H15F3N4O4/c1-3-18-10(9(19(22)23)6(2)16-18)17-4-7(11(20)21)8(5-17)12(13,14)15/h7-8H,3-5H2,1-2H3,(H,20,21)/t7-,8-/m1/s1. The van der Waals surface area contributed by atoms with Gasteiger partial charge in [0.25, 0.3) is 0 Å². The van der Waals surface area contributed by atoms with Crippen molar-refractivity contribution in [2.45, 2.75) is 26.6 Å². The van der Waals surface area contributed by atoms with Crippen molar-refractivity contribution < 1.29 is 28.0 Å². The van der Waals surface area contributed by atoms with E-state index >= 15 is 0 Å². The molecule has 0 unspecified atom stereocenters. The van der Waals surface area contributed by atoms with Crippen LogP contribution in [0.15, 0.2) is 0 Å². The Bertz CT molecular complexity index is 643. The van der Waals surface area contributed by atoms with Gasteiger partial charge >= 0.3 is 17.8 Å². The van der Waals surface area contributed by atoms with Crippen LogP contribution >= 0.6 is 0 Å². The van der Waals surface area contributed by atoms with Gasteiger partial charge < -0.3 is 10.0 Å². The molecule has 2 heterocycles. The van der Waals surface area contributed by atoms with Gasteiger partial charge in [-0.15, -0.1) is 0 Å². The molecule has 0 bridgehead atoms. The van der Waals surface area contributed by atoms with Crippen molar-refractivity contribution in [3.8, 4) is 0 Å². The number of anilines is 1. The zero-order valence-corrected chi connectivity index (χ0v) is 12.4. The Hall–Kier alpha value is -2.33. The Kier molecular flexibility index (Phi) is 4.22. The fourth-order valence-corrected chi connectivity index (χ4v) is 2.87. The molecule has 2 atom stereocenters. The Morgan fingerprint density at radius 2 is 2.09 bits per heavy atom. The molecule has 1 N–H and O–H groups in total. The maximum absolute atomic E-state index is 13.1. The van der Waals surface area contributed by atoms with E-state index < -0.39 is 42.0 Å². The summed E-state index contributed by atoms with van der Waals surface area (Å²) in [6, 6.07) is 0. The topological polar surface area (TPSA) is 101 Å². The van der Waals surface area contributed by atoms with Crippen LogP contribution in [0.4, 0.5) is 24.7 Å². The minimum absolute atomic E-state index is 0.0759. The van der Waals surface area contributed by atoms with Crippen LogP contribution in [0.2, 0.25) is 0 Å². The second-order valence-corrected chi connectivity index (χ2v) is 5.33. The number of halogens is 3. The molecule has 1 saturated heterocycles. The van der Waals surface area contributed by atoms with E-state index in [1.807, 2.05) is 0 Å². The number of hydrogen-bond acceptors (Lipinski definition) is 5. The van der Waals surface area contributed by atoms with Gasteiger partial charge in [0.2, 0.25) is 5.82 Å². The predicted octanol–water partition coefficient (Wildman–Crippen LogP) is 1.82. The number of aliphatic carboxylic acids is 1. The molecule has 0 aliphatic carbocycles. The summed E-state index contributed by atoms with van der Waals surface area (Å²) in [4.78, 5) is 22.7. The fraction of sp³-hybridized carbons (Fsp3) is 0.667. The van der Waals surface area contributed by atoms with Crippen LogP contribution in [-0.4, -0.2) is 45.0 Å². The molecule has 1 aliphatic rings. The molecule has 0 amide bonds. The molecule has 23 heavy (non-hydrogen) atoms. The van der Waals surface area contributed by atoms with E-state index in [2.05, 4.69) is 5.10 Å². The molecule has 1 aliphatic heterocycles. The highest BCUT2D eigenvalue weighted by atomic mass is 19.4. The summed E-state index contributed by atoms with van der Waals surface area (Å²) >= 11 is 0. The minimum atomic E-state index is -4.70. The maximum Gasteiger partial charge on any atom is 0.394 e. The number of carboxylic acids is 1. The summed E-state index contributed by atoms with van der Waals surface area (Å²) in [6.45, 7) is 2.15. The number of rotatable bonds is 4. The van der Waals surface area contributed by atoms with Crippen LogP contribution in [0.1, 0.15) is 12.6 Å². The fourth-order valence-electron chi connectivity index (χ4n) is 2.87. The van der Waals surface area contributed by atoms with Crippen molar-refractivity contribution in [3.05, 3.63) is 15.8 Å². The largest absolute Gasteiger partial charge is 0.481 e. The van der Waals surface area contributed by atoms with Gasteiger partial charge in [-0.2, -0.15) is 18.3 Å². The first-order chi connectivity index (χ1) is 10.6. The van der Waals surface area contributed by atoms with Crippen molar-refractivity contribution in [1.82, 2.24) is 9.78 Å². The molecule has 0 radical (unpaired) electrons. The number of alkyl halides is 3. The van der Waals surface area contributed by atoms with Gasteiger partial charge in [-0.1, -0.05) is 0 Å². The number of aromatic nitrogens is 2. The Labute approximate surface area is 128 Å². The molecule has 1 aromatic rings. The maximum atomic E-state index is 13.1. The minimum Gasteiger partial charge on any atom is -0.481 e. The first-order valence-electron chi connectivity index (χ1n) is 6.84. The molecular formula is C12H15F3N4O4. The third kappa shape index (κ3) is 2.94. The van der Waals surface area contributed by atoms with Gasteiger partial charge in [0.15, 0.2) is 0 Å². The summed E-state index contributed by atoms with van der Waals surface area (Å²) < 4.78 is 40.4. The zero-order valence-electron chi connectivity index (χ0n) is 12.4. The molecule has 0 spiro atoms. The van der Waals surface area contributed by atoms with Crippen molar-refractivity contribution in [1.29, 1.82) is 0 Å². The van der Waals surface area contributed by atoms with E-state index in [1.165, 1.54) is 11.6 Å². The van der Waals surface area contributed by atoms with Crippen LogP contribution in [0, 0.1) is 28.9 Å². The van der Waals surface area contributed by atoms with Gasteiger partial charge in [0.05, 0.1) is 16.8 Å². The normalized spacial score (nSPS) is 21.7. The second-order valence-electron chi connectivity index (χ2n) is 5.33. The van der Waals surface area contributed by atoms with E-state index in [-0.39, 0.29) is 23.7 Å². The summed E-state index contributed by atoms with van der Waals surface area (Å²) in [5, 5.41) is 24.2. The lowest BCUT2D eigenvalue weighted by molar-refractivity contribution is -0.384. The van der Waals surface area contributed by atoms with Crippen LogP contribution in [-0.2, 0) is 11.3 Å². The molecule has 8 nitrogen and oxygen atoms in total. The first kappa shape index (κ1) is 17.0. The molecule has 1 fully saturated rings. The molecule has 2 rings (SSSR count). The van der Waals surface area contributed by atoms with Gasteiger partial charge in [-0.3, -0.25) is 14.9 Å². The van der Waals surface area contributed by atoms with Crippen LogP contribution < -0.4 is 4.90 Å². The summed E-state index contributed by atoms with van der Waals surface area (Å²) in [7, 11) is 0. The van der Waals surface area contributed by atoms with E-state index in [4.69, 9.17) is 5.11 Å². The third-order valence-corrected chi connectivity index (χ3v) is 3.91. The smallest absolute Gasteiger partial charge is 0.394 e. The molecule has 0 aromatic carbocycles. The number of carbonyl (C=O) groups is 1. The quantitative estimate of drug-likeness (QED) is 0.665. The lowest BCUT2D eigenvalue weighted by Gasteiger charge is -2.19. The van der Waals surface area contributed by atoms with E-state index in [9.17, 15) is 28.1 Å². The molecule has 128 valence electrons. The Balaban J connectivity index is 2.48. The Morgan fingerprint density at radius 1 is 1.48 bits per heavy atom. The van der Waals surface area contributed by atoms with Gasteiger partial charge in [0, 0.05) is 19.6 Å². The lowest BCUT2D eigenvalue weighted by Crippen LogP contribution is -2.33. The zero-order chi connectivity index (χ0) is 17.5. The SMILES string of the molecule is CCn1nc(C)c([N+](=O)[O-])c1N1C[C@@H](C(F)(F)F)[C@H](C(=O)O)C1. The summed E-state index contributed by atoms with van der Waals surface area (Å²) in [5.41, 5.74) is -0.312. The monoisotopic (exact) mass is 336 g/mol. The average Bonchev–Trinajstić information content (AvgIpc) is 2.98. The van der Waals surface area contributed by atoms with Gasteiger partial charge in [0.1, 0.15) is 5.69 Å². The summed E-state index contributed by atoms with van der Waals surface area (Å²) in [6.07, 6.45) is -4.70. The van der Waals surface area contributed by atoms with Gasteiger partial charge in [-0.25, -0.2) is 4.68 Å². The van der Waals surface area contributed by atoms with Crippen molar-refractivity contribution >= 4 is 17.5 Å². The number of nitrogens with zero attached hydrogens (tertiary/aromatic N) is 4. The highest BCUT2D eigenvalue weighted by molar-refractivity contribution is 5.73. The Morgan fingerprint density at radius 3 is 2.48 bits per heavy atom. The first-order valence-corrected chi connectivity index (χ1v) is 6.84. The van der Waals surface area contributed by atoms with Crippen LogP contribution in [0.5, 0.6) is 0 Å². The van der Waals surface area contributed by atoms with Crippen molar-refractivity contribution in [2.24, 2.45) is 11.8 Å². The molecule has 0 saturated carbocycles. The lowest BCUT2D eigenvalue weighted by atomic mass is 9.96. The van der Waals surface area contributed by atoms with E-state index in [0.717, 1.165) is 4.90 Å². The molecule has 11 heteroatoms. The van der Waals surface area contributed by atoms with Crippen LogP contribution in [0.3, 0.4) is 0 Å². The highest BCUT2D eigenvalue weighted by Gasteiger charge is 2.54. The highest BCUT2D eigenvalue weighted by Crippen LogP contribution is 2.42. The number of carboxylic acid groups (broad SMARTS) is 1. The number of hydrogen-bond donors (Lipinski definition) is 1. The van der Waals surface area contributed by atoms with E-state index in [1.54, 1.807) is 6.92 Å². The predicted molar refractivity (Wildman–Crippen MR) is 72.2 cm³/mol. The van der Waals surface area contributed by atoms with Crippen LogP contribution in [0.25, 0.3) is 0 Å². The van der Waals surface area contributed by atoms with Crippen molar-refractivity contribution in [2.75, 3.05) is 18.0 Å². The average molecular weight is 336 g/mol. The number of aryl methyl sites for hydroxylation is 2. The summed E-state index contributed by atoms with van der Waals surface area (Å²) in [5.74, 6) is -5.40. The van der Waals surface area contributed by atoms with Gasteiger partial charge in [-0.05, 0) is 13.8 Å². The molecular weight excluding hydrogens is 321 g/mol. The third-order valence-electron chi connectivity index (χ3n) is 3.91. The van der Waals surface area contributed by atoms with Crippen molar-refractivity contribution in [3.63, 3.8) is 0 Å². The molecule has 1 aromatic heterocycles. The van der Waals surface area contributed by atoms with E-state index in [0.29, 0.717) is 0 Å². The second kappa shape index (κ2) is 5.70. The number of nitro groups is 1.